The molecule has 7 aromatic rings. The van der Waals surface area contributed by atoms with Crippen LogP contribution in [0.4, 0.5) is 0 Å². The van der Waals surface area contributed by atoms with Gasteiger partial charge in [-0.1, -0.05) is 42.8 Å². The first-order chi connectivity index (χ1) is 21.2. The third-order valence-electron chi connectivity index (χ3n) is 6.74. The van der Waals surface area contributed by atoms with E-state index in [0.717, 1.165) is 68.2 Å². The summed E-state index contributed by atoms with van der Waals surface area (Å²) in [5.74, 6) is 7.20. The monoisotopic (exact) mass is 952 g/mol. The van der Waals surface area contributed by atoms with E-state index in [1.165, 1.54) is 25.3 Å². The van der Waals surface area contributed by atoms with E-state index in [-0.39, 0.29) is 44.8 Å². The summed E-state index contributed by atoms with van der Waals surface area (Å²) < 4.78 is 11.4. The van der Waals surface area contributed by atoms with Crippen LogP contribution in [-0.2, 0) is 57.6 Å². The second-order valence-electron chi connectivity index (χ2n) is 9.45. The minimum Gasteiger partial charge on any atom is -0.461 e. The van der Waals surface area contributed by atoms with Crippen molar-refractivity contribution in [3.05, 3.63) is 139 Å². The van der Waals surface area contributed by atoms with Crippen molar-refractivity contribution in [1.82, 2.24) is 29.9 Å². The number of benzene rings is 3. The molecule has 8 rings (SSSR count). The molecule has 4 heterocycles. The van der Waals surface area contributed by atoms with Crippen LogP contribution in [0.25, 0.3) is 39.0 Å². The van der Waals surface area contributed by atoms with E-state index < -0.39 is 0 Å². The molecule has 0 N–H and O–H groups in total. The molecule has 0 amide bonds. The van der Waals surface area contributed by atoms with Crippen LogP contribution >= 0.6 is 0 Å². The van der Waals surface area contributed by atoms with Crippen LogP contribution in [-0.4, -0.2) is 29.9 Å². The van der Waals surface area contributed by atoms with Gasteiger partial charge in [-0.3, -0.25) is 11.8 Å². The molecule has 0 saturated heterocycles. The van der Waals surface area contributed by atoms with Gasteiger partial charge in [-0.05, 0) is 24.6 Å². The molecule has 4 aromatic heterocycles. The van der Waals surface area contributed by atoms with Crippen molar-refractivity contribution in [1.29, 1.82) is 0 Å². The summed E-state index contributed by atoms with van der Waals surface area (Å²) >= 11 is 0. The third-order valence-corrected chi connectivity index (χ3v) is 6.74. The number of aromatic nitrogens is 6. The quantitative estimate of drug-likeness (QED) is 0.110. The number of fused-ring (bicyclic) bond motifs is 6. The predicted octanol–water partition coefficient (Wildman–Crippen LogP) is 6.52. The minimum absolute atomic E-state index is 0. The Morgan fingerprint density at radius 3 is 1.82 bits per heavy atom. The molecule has 0 spiro atoms. The number of para-hydroxylation sites is 2. The molecular formula is C35H22Au2N6O2. The number of rotatable bonds is 2. The molecular weight excluding hydrogens is 930 g/mol. The van der Waals surface area contributed by atoms with Crippen molar-refractivity contribution >= 4 is 39.0 Å². The fourth-order valence-electron chi connectivity index (χ4n) is 4.71. The molecule has 0 bridgehead atoms. The first-order valence-electron chi connectivity index (χ1n) is 13.4. The molecule has 1 aliphatic carbocycles. The third kappa shape index (κ3) is 7.91. The van der Waals surface area contributed by atoms with Gasteiger partial charge in [0.2, 0.25) is 0 Å². The summed E-state index contributed by atoms with van der Waals surface area (Å²) in [5.41, 5.74) is 5.53. The zero-order chi connectivity index (χ0) is 29.4. The van der Waals surface area contributed by atoms with Gasteiger partial charge in [0.25, 0.3) is 0 Å². The number of allylic oxidation sites excluding steroid dienone is 1. The number of aryl methyl sites for hydroxylation is 1. The van der Waals surface area contributed by atoms with Crippen LogP contribution in [0.15, 0.2) is 106 Å². The maximum atomic E-state index is 7.15. The van der Waals surface area contributed by atoms with Gasteiger partial charge >= 0.3 is 44.8 Å². The molecule has 3 aromatic carbocycles. The Morgan fingerprint density at radius 1 is 0.622 bits per heavy atom. The van der Waals surface area contributed by atoms with E-state index in [9.17, 15) is 0 Å². The summed E-state index contributed by atoms with van der Waals surface area (Å²) in [7, 11) is 0. The molecule has 0 unspecified atom stereocenters. The molecule has 0 radical (unpaired) electrons. The van der Waals surface area contributed by atoms with E-state index in [1.807, 2.05) is 66.7 Å². The van der Waals surface area contributed by atoms with Gasteiger partial charge in [0.15, 0.2) is 0 Å². The Hall–Kier alpha value is -4.64. The summed E-state index contributed by atoms with van der Waals surface area (Å²) in [4.78, 5) is 23.2. The zero-order valence-electron chi connectivity index (χ0n) is 23.5. The van der Waals surface area contributed by atoms with Crippen LogP contribution in [0.1, 0.15) is 35.0 Å². The van der Waals surface area contributed by atoms with Crippen molar-refractivity contribution in [3.8, 4) is 11.8 Å². The summed E-state index contributed by atoms with van der Waals surface area (Å²) in [6.07, 6.45) is 24.3. The first kappa shape index (κ1) is 33.3. The van der Waals surface area contributed by atoms with E-state index in [2.05, 4.69) is 47.8 Å². The van der Waals surface area contributed by atoms with E-state index in [1.54, 1.807) is 0 Å². The maximum Gasteiger partial charge on any atom is 1.00 e. The van der Waals surface area contributed by atoms with Gasteiger partial charge in [-0.2, -0.15) is 0 Å². The van der Waals surface area contributed by atoms with Crippen molar-refractivity contribution in [2.75, 3.05) is 0 Å². The molecule has 45 heavy (non-hydrogen) atoms. The number of furan rings is 2. The number of nitrogens with zero attached hydrogens (tertiary/aromatic N) is 6. The second kappa shape index (κ2) is 15.9. The van der Waals surface area contributed by atoms with Crippen LogP contribution in [0.2, 0.25) is 0 Å². The summed E-state index contributed by atoms with van der Waals surface area (Å²) in [6, 6.07) is 21.6. The fraction of sp³-hybridized carbons (Fsp3) is 0.0857. The minimum atomic E-state index is 0. The van der Waals surface area contributed by atoms with Crippen molar-refractivity contribution in [3.63, 3.8) is 0 Å². The van der Waals surface area contributed by atoms with Crippen molar-refractivity contribution in [2.45, 2.75) is 19.3 Å². The van der Waals surface area contributed by atoms with E-state index in [0.29, 0.717) is 18.1 Å². The average molecular weight is 953 g/mol. The number of hydrogen-bond donors (Lipinski definition) is 0. The van der Waals surface area contributed by atoms with Crippen LogP contribution in [0, 0.1) is 24.7 Å². The van der Waals surface area contributed by atoms with Gasteiger partial charge in [-0.15, -0.1) is 29.3 Å². The van der Waals surface area contributed by atoms with E-state index >= 15 is 0 Å². The van der Waals surface area contributed by atoms with Crippen molar-refractivity contribution in [2.24, 2.45) is 0 Å². The average Bonchev–Trinajstić information content (AvgIpc) is 3.64. The van der Waals surface area contributed by atoms with Gasteiger partial charge in [0.05, 0.1) is 6.42 Å². The molecule has 10 heteroatoms. The first-order valence-corrected chi connectivity index (χ1v) is 13.4. The summed E-state index contributed by atoms with van der Waals surface area (Å²) in [6.45, 7) is 0. The molecule has 0 fully saturated rings. The van der Waals surface area contributed by atoms with Gasteiger partial charge in [0, 0.05) is 21.7 Å². The van der Waals surface area contributed by atoms with Crippen LogP contribution < -0.4 is 0 Å². The molecule has 226 valence electrons. The van der Waals surface area contributed by atoms with Crippen molar-refractivity contribution < 1.29 is 53.6 Å². The summed E-state index contributed by atoms with van der Waals surface area (Å²) in [5, 5.41) is 3.27. The molecule has 0 aliphatic heterocycles. The van der Waals surface area contributed by atoms with Crippen LogP contribution in [0.5, 0.6) is 0 Å². The standard InChI is InChI=1S/C14H9O.C14H7O.C7H6N6.2Au/c2*1-2-10-7-8-14-12(9-10)11-5-3-4-6-13(11)15-14;1(6-10-2-8-3-11-6)7-12-4-9-5-13-7;;/h3-6,9H,7-8H2;3-9H;2-5H,1H2;;/q2*-1;;2*+1. The second-order valence-corrected chi connectivity index (χ2v) is 9.45. The smallest absolute Gasteiger partial charge is 0.461 e. The Kier molecular flexibility index (Phi) is 11.7. The fourth-order valence-corrected chi connectivity index (χ4v) is 4.71. The largest absolute Gasteiger partial charge is 1.00 e. The Morgan fingerprint density at radius 2 is 1.20 bits per heavy atom. The van der Waals surface area contributed by atoms with Gasteiger partial charge in [0.1, 0.15) is 59.5 Å². The Bertz CT molecular complexity index is 2110. The molecule has 0 atom stereocenters. The predicted molar refractivity (Wildman–Crippen MR) is 162 cm³/mol. The maximum absolute atomic E-state index is 7.15. The van der Waals surface area contributed by atoms with Gasteiger partial charge in [-0.25, -0.2) is 29.9 Å². The molecule has 0 saturated carbocycles. The van der Waals surface area contributed by atoms with Gasteiger partial charge < -0.3 is 21.7 Å². The normalized spacial score (nSPS) is 11.2. The topological polar surface area (TPSA) is 104 Å². The van der Waals surface area contributed by atoms with Crippen LogP contribution in [0.3, 0.4) is 0 Å². The number of hydrogen-bond acceptors (Lipinski definition) is 8. The molecule has 1 aliphatic rings. The van der Waals surface area contributed by atoms with E-state index in [4.69, 9.17) is 21.7 Å². The Labute approximate surface area is 290 Å². The molecule has 8 nitrogen and oxygen atoms in total. The SMILES string of the molecule is [Au+].[Au+].[C-]#CC1=Cc2c(oc3ccccc23)CC1.[C-]#Cc1ccc2oc3ccccc3c2c1.c1ncnc(Cc2ncncn2)n1. The Balaban J connectivity index is 0.000000151. The zero-order valence-corrected chi connectivity index (χ0v) is 27.8.